The van der Waals surface area contributed by atoms with Crippen molar-refractivity contribution >= 4 is 23.4 Å². The summed E-state index contributed by atoms with van der Waals surface area (Å²) in [6.45, 7) is 4.83. The molecule has 1 aliphatic carbocycles. The summed E-state index contributed by atoms with van der Waals surface area (Å²) >= 11 is 0. The molecule has 1 saturated carbocycles. The Morgan fingerprint density at radius 2 is 1.79 bits per heavy atom. The molecule has 2 unspecified atom stereocenters. The molecule has 2 bridgehead atoms. The number of piperidine rings is 1. The van der Waals surface area contributed by atoms with E-state index >= 15 is 0 Å². The average molecular weight is 471 g/mol. The fourth-order valence-electron chi connectivity index (χ4n) is 5.58. The maximum absolute atomic E-state index is 14.5. The van der Waals surface area contributed by atoms with E-state index in [0.717, 1.165) is 43.5 Å². The summed E-state index contributed by atoms with van der Waals surface area (Å²) < 4.78 is 43.5. The molecule has 2 fully saturated rings. The Hall–Kier alpha value is -3.37. The topological polar surface area (TPSA) is 75.0 Å². The molecule has 4 heterocycles. The Balaban J connectivity index is 1.22. The third-order valence-electron chi connectivity index (χ3n) is 7.19. The SMILES string of the molecule is Cc1cc(N2CC3CC[C@@H](C2)C3Nc2nc3n(n2)CCCN3c2ccc(F)c(F)c2F)ncn1. The standard InChI is InChI=1S/C23H25F3N8/c1-13-9-18(28-12-27-13)32-10-14-3-4-15(11-32)21(14)29-22-30-23-33(7-2-8-34(23)31-22)17-6-5-16(24)19(25)20(17)26/h5-6,9,12,14-15,21H,2-4,7-8,10-11H2,1H3,(H,29,31)/t14-,15?,21?/m0/s1. The molecular formula is C23H25F3N8. The molecule has 34 heavy (non-hydrogen) atoms. The van der Waals surface area contributed by atoms with Crippen molar-refractivity contribution in [2.45, 2.75) is 38.8 Å². The van der Waals surface area contributed by atoms with Crippen LogP contribution in [0.5, 0.6) is 0 Å². The van der Waals surface area contributed by atoms with Gasteiger partial charge in [0.2, 0.25) is 11.9 Å². The van der Waals surface area contributed by atoms with Crippen LogP contribution in [0.4, 0.5) is 36.6 Å². The van der Waals surface area contributed by atoms with Gasteiger partial charge in [0.15, 0.2) is 17.5 Å². The fourth-order valence-corrected chi connectivity index (χ4v) is 5.58. The van der Waals surface area contributed by atoms with Crippen LogP contribution in [0.15, 0.2) is 24.5 Å². The lowest BCUT2D eigenvalue weighted by Crippen LogP contribution is -2.48. The number of aromatic nitrogens is 5. The Labute approximate surface area is 194 Å². The molecule has 3 aliphatic rings. The number of nitrogens with zero attached hydrogens (tertiary/aromatic N) is 7. The highest BCUT2D eigenvalue weighted by molar-refractivity contribution is 5.60. The van der Waals surface area contributed by atoms with E-state index in [-0.39, 0.29) is 11.7 Å². The van der Waals surface area contributed by atoms with Crippen molar-refractivity contribution in [2.24, 2.45) is 11.8 Å². The van der Waals surface area contributed by atoms with E-state index in [1.54, 1.807) is 15.9 Å². The molecule has 2 aliphatic heterocycles. The molecule has 1 N–H and O–H groups in total. The molecule has 8 nitrogen and oxygen atoms in total. The van der Waals surface area contributed by atoms with Gasteiger partial charge in [-0.2, -0.15) is 4.98 Å². The lowest BCUT2D eigenvalue weighted by atomic mass is 9.92. The first kappa shape index (κ1) is 21.2. The zero-order chi connectivity index (χ0) is 23.4. The molecule has 3 atom stereocenters. The Morgan fingerprint density at radius 1 is 1.00 bits per heavy atom. The van der Waals surface area contributed by atoms with Gasteiger partial charge in [-0.1, -0.05) is 0 Å². The number of halogens is 3. The second-order valence-electron chi connectivity index (χ2n) is 9.35. The second-order valence-corrected chi connectivity index (χ2v) is 9.35. The highest BCUT2D eigenvalue weighted by Crippen LogP contribution is 2.40. The molecule has 0 spiro atoms. The van der Waals surface area contributed by atoms with E-state index in [1.165, 1.54) is 6.07 Å². The predicted molar refractivity (Wildman–Crippen MR) is 121 cm³/mol. The molecule has 0 radical (unpaired) electrons. The van der Waals surface area contributed by atoms with Gasteiger partial charge in [0.25, 0.3) is 0 Å². The van der Waals surface area contributed by atoms with Crippen LogP contribution in [0.3, 0.4) is 0 Å². The highest BCUT2D eigenvalue weighted by atomic mass is 19.2. The van der Waals surface area contributed by atoms with Crippen LogP contribution in [0.1, 0.15) is 25.0 Å². The maximum atomic E-state index is 14.5. The van der Waals surface area contributed by atoms with Gasteiger partial charge in [-0.05, 0) is 50.2 Å². The molecule has 11 heteroatoms. The van der Waals surface area contributed by atoms with Gasteiger partial charge in [-0.25, -0.2) is 27.8 Å². The molecule has 1 saturated heterocycles. The van der Waals surface area contributed by atoms with E-state index in [0.29, 0.717) is 43.2 Å². The number of aryl methyl sites for hydroxylation is 2. The summed E-state index contributed by atoms with van der Waals surface area (Å²) in [6, 6.07) is 4.43. The van der Waals surface area contributed by atoms with E-state index < -0.39 is 17.5 Å². The molecule has 178 valence electrons. The van der Waals surface area contributed by atoms with Crippen molar-refractivity contribution in [1.29, 1.82) is 0 Å². The van der Waals surface area contributed by atoms with Crippen LogP contribution < -0.4 is 15.1 Å². The molecule has 1 aromatic carbocycles. The number of nitrogens with one attached hydrogen (secondary N) is 1. The van der Waals surface area contributed by atoms with E-state index in [2.05, 4.69) is 30.3 Å². The number of anilines is 4. The molecule has 2 aromatic heterocycles. The van der Waals surface area contributed by atoms with Crippen molar-refractivity contribution in [3.8, 4) is 0 Å². The Kier molecular flexibility index (Phi) is 5.07. The maximum Gasteiger partial charge on any atom is 0.244 e. The quantitative estimate of drug-likeness (QED) is 0.584. The lowest BCUT2D eigenvalue weighted by molar-refractivity contribution is 0.374. The van der Waals surface area contributed by atoms with Crippen molar-refractivity contribution in [1.82, 2.24) is 24.7 Å². The number of hydrogen-bond acceptors (Lipinski definition) is 7. The van der Waals surface area contributed by atoms with E-state index in [9.17, 15) is 13.2 Å². The molecule has 0 amide bonds. The normalized spacial score (nSPS) is 23.8. The zero-order valence-corrected chi connectivity index (χ0v) is 18.8. The van der Waals surface area contributed by atoms with E-state index in [1.807, 2.05) is 13.0 Å². The second kappa shape index (κ2) is 8.14. The summed E-state index contributed by atoms with van der Waals surface area (Å²) in [5.74, 6) is -1.17. The van der Waals surface area contributed by atoms with Gasteiger partial charge in [0, 0.05) is 44.0 Å². The number of hydrogen-bond donors (Lipinski definition) is 1. The van der Waals surface area contributed by atoms with Gasteiger partial charge in [0.1, 0.15) is 12.1 Å². The minimum absolute atomic E-state index is 0.0349. The number of fused-ring (bicyclic) bond motifs is 3. The first-order chi connectivity index (χ1) is 16.5. The van der Waals surface area contributed by atoms with Gasteiger partial charge in [-0.3, -0.25) is 0 Å². The first-order valence-electron chi connectivity index (χ1n) is 11.6. The van der Waals surface area contributed by atoms with E-state index in [4.69, 9.17) is 0 Å². The smallest absolute Gasteiger partial charge is 0.244 e. The highest BCUT2D eigenvalue weighted by Gasteiger charge is 2.43. The van der Waals surface area contributed by atoms with Gasteiger partial charge in [0.05, 0.1) is 5.69 Å². The van der Waals surface area contributed by atoms with Crippen LogP contribution in [0.25, 0.3) is 0 Å². The van der Waals surface area contributed by atoms with Crippen LogP contribution in [-0.2, 0) is 6.54 Å². The van der Waals surface area contributed by atoms with Gasteiger partial charge < -0.3 is 15.1 Å². The van der Waals surface area contributed by atoms with Gasteiger partial charge in [-0.15, -0.1) is 5.10 Å². The monoisotopic (exact) mass is 470 g/mol. The van der Waals surface area contributed by atoms with Gasteiger partial charge >= 0.3 is 0 Å². The molecule has 3 aromatic rings. The van der Waals surface area contributed by atoms with Crippen molar-refractivity contribution in [3.63, 3.8) is 0 Å². The van der Waals surface area contributed by atoms with Crippen LogP contribution in [-0.4, -0.2) is 50.4 Å². The minimum Gasteiger partial charge on any atom is -0.356 e. The first-order valence-corrected chi connectivity index (χ1v) is 11.6. The molecule has 6 rings (SSSR count). The fraction of sp³-hybridized carbons (Fsp3) is 0.478. The third kappa shape index (κ3) is 3.54. The summed E-state index contributed by atoms with van der Waals surface area (Å²) in [4.78, 5) is 17.2. The van der Waals surface area contributed by atoms with Crippen molar-refractivity contribution < 1.29 is 13.2 Å². The lowest BCUT2D eigenvalue weighted by Gasteiger charge is -2.38. The largest absolute Gasteiger partial charge is 0.356 e. The third-order valence-corrected chi connectivity index (χ3v) is 7.19. The minimum atomic E-state index is -1.48. The number of rotatable bonds is 4. The summed E-state index contributed by atoms with van der Waals surface area (Å²) in [5.41, 5.74) is 0.916. The average Bonchev–Trinajstić information content (AvgIpc) is 3.33. The summed E-state index contributed by atoms with van der Waals surface area (Å²) in [5, 5.41) is 8.14. The zero-order valence-electron chi connectivity index (χ0n) is 18.8. The number of benzene rings is 1. The summed E-state index contributed by atoms with van der Waals surface area (Å²) in [7, 11) is 0. The summed E-state index contributed by atoms with van der Waals surface area (Å²) in [6.07, 6.45) is 4.53. The van der Waals surface area contributed by atoms with Crippen LogP contribution in [0, 0.1) is 36.2 Å². The molecular weight excluding hydrogens is 445 g/mol. The van der Waals surface area contributed by atoms with Crippen molar-refractivity contribution in [3.05, 3.63) is 47.7 Å². The Bertz CT molecular complexity index is 1220. The van der Waals surface area contributed by atoms with Crippen molar-refractivity contribution in [2.75, 3.05) is 34.8 Å². The predicted octanol–water partition coefficient (Wildman–Crippen LogP) is 3.66. The Morgan fingerprint density at radius 3 is 2.56 bits per heavy atom. The van der Waals surface area contributed by atoms with Crippen LogP contribution >= 0.6 is 0 Å². The van der Waals surface area contributed by atoms with Crippen LogP contribution in [0.2, 0.25) is 0 Å².